The van der Waals surface area contributed by atoms with E-state index in [1.165, 1.54) is 135 Å². The van der Waals surface area contributed by atoms with Crippen molar-refractivity contribution in [3.8, 4) is 0 Å². The van der Waals surface area contributed by atoms with E-state index in [9.17, 15) is 4.79 Å². The molecule has 2 heteroatoms. The Balaban J connectivity index is 3.75. The molecule has 0 aliphatic carbocycles. The second kappa shape index (κ2) is 35.1. The molecule has 2 nitrogen and oxygen atoms in total. The van der Waals surface area contributed by atoms with Crippen LogP contribution in [-0.2, 0) is 4.79 Å². The number of carbonyl (C=O) groups excluding carboxylic acids is 1. The molecule has 0 heterocycles. The maximum atomic E-state index is 12.7. The molecule has 0 radical (unpaired) electrons. The molecule has 0 N–H and O–H groups in total. The number of unbranched alkanes of at least 4 members (excludes halogenated alkanes) is 17. The summed E-state index contributed by atoms with van der Waals surface area (Å²) in [6, 6.07) is 0. The highest BCUT2D eigenvalue weighted by Crippen LogP contribution is 2.19. The second-order valence-corrected chi connectivity index (χ2v) is 13.2. The molecule has 0 fully saturated rings. The van der Waals surface area contributed by atoms with Crippen LogP contribution in [0.25, 0.3) is 0 Å². The Morgan fingerprint density at radius 1 is 0.512 bits per heavy atom. The maximum absolute atomic E-state index is 12.7. The molecule has 250 valence electrons. The normalized spacial score (nSPS) is 13.1. The Labute approximate surface area is 270 Å². The monoisotopic (exact) mass is 598 g/mol. The average Bonchev–Trinajstić information content (AvgIpc) is 2.98. The minimum absolute atomic E-state index is 0.498. The first-order valence-corrected chi connectivity index (χ1v) is 18.9. The summed E-state index contributed by atoms with van der Waals surface area (Å²) in [6.45, 7) is 5.57. The van der Waals surface area contributed by atoms with Crippen LogP contribution in [0.1, 0.15) is 181 Å². The van der Waals surface area contributed by atoms with Crippen molar-refractivity contribution in [3.63, 3.8) is 0 Å². The van der Waals surface area contributed by atoms with Crippen molar-refractivity contribution < 1.29 is 4.79 Å². The van der Waals surface area contributed by atoms with Crippen molar-refractivity contribution >= 4 is 5.78 Å². The van der Waals surface area contributed by atoms with Gasteiger partial charge < -0.3 is 4.90 Å². The molecule has 0 aromatic heterocycles. The zero-order chi connectivity index (χ0) is 31.5. The Kier molecular flexibility index (Phi) is 33.9. The second-order valence-electron chi connectivity index (χ2n) is 13.2. The fourth-order valence-electron chi connectivity index (χ4n) is 5.75. The van der Waals surface area contributed by atoms with E-state index in [-0.39, 0.29) is 0 Å². The van der Waals surface area contributed by atoms with Gasteiger partial charge in [-0.05, 0) is 97.1 Å². The number of Topliss-reactive ketones (excluding diaryl/α,β-unsaturated/α-hetero) is 1. The van der Waals surface area contributed by atoms with Crippen molar-refractivity contribution in [1.82, 2.24) is 4.90 Å². The number of allylic oxidation sites excluding steroid dienone is 8. The van der Waals surface area contributed by atoms with E-state index in [2.05, 4.69) is 81.5 Å². The van der Waals surface area contributed by atoms with E-state index in [0.717, 1.165) is 38.6 Å². The summed E-state index contributed by atoms with van der Waals surface area (Å²) < 4.78 is 0. The first kappa shape index (κ1) is 41.6. The number of rotatable bonds is 33. The number of nitrogens with zero attached hydrogens (tertiary/aromatic N) is 1. The molecule has 0 spiro atoms. The predicted molar refractivity (Wildman–Crippen MR) is 195 cm³/mol. The van der Waals surface area contributed by atoms with Crippen LogP contribution >= 0.6 is 0 Å². The SMILES string of the molecule is CCCCC/C=C\C/C=C\CCCCCCCCC(CC(=O)CCCCCCC/C=C\C/C=C\CCCCC)CN(C)C. The van der Waals surface area contributed by atoms with Gasteiger partial charge in [0.05, 0.1) is 0 Å². The van der Waals surface area contributed by atoms with Crippen LogP contribution in [0.2, 0.25) is 0 Å². The van der Waals surface area contributed by atoms with E-state index in [0.29, 0.717) is 11.7 Å². The molecule has 0 saturated heterocycles. The first-order valence-electron chi connectivity index (χ1n) is 18.9. The van der Waals surface area contributed by atoms with E-state index < -0.39 is 0 Å². The van der Waals surface area contributed by atoms with Crippen LogP contribution in [-0.4, -0.2) is 31.3 Å². The van der Waals surface area contributed by atoms with E-state index in [1.54, 1.807) is 0 Å². The smallest absolute Gasteiger partial charge is 0.133 e. The van der Waals surface area contributed by atoms with Crippen LogP contribution in [0.15, 0.2) is 48.6 Å². The molecule has 1 unspecified atom stereocenters. The molecule has 0 bridgehead atoms. The fraction of sp³-hybridized carbons (Fsp3) is 0.780. The zero-order valence-electron chi connectivity index (χ0n) is 29.6. The molecule has 43 heavy (non-hydrogen) atoms. The van der Waals surface area contributed by atoms with Gasteiger partial charge >= 0.3 is 0 Å². The summed E-state index contributed by atoms with van der Waals surface area (Å²) in [5, 5.41) is 0. The molecule has 0 rings (SSSR count). The van der Waals surface area contributed by atoms with Crippen molar-refractivity contribution in [2.24, 2.45) is 5.92 Å². The van der Waals surface area contributed by atoms with Crippen LogP contribution in [0.4, 0.5) is 0 Å². The number of hydrogen-bond acceptors (Lipinski definition) is 2. The molecule has 0 aliphatic heterocycles. The van der Waals surface area contributed by atoms with Gasteiger partial charge in [-0.25, -0.2) is 0 Å². The lowest BCUT2D eigenvalue weighted by Crippen LogP contribution is -2.24. The van der Waals surface area contributed by atoms with E-state index in [1.807, 2.05) is 0 Å². The summed E-state index contributed by atoms with van der Waals surface area (Å²) in [6.07, 6.45) is 50.6. The highest BCUT2D eigenvalue weighted by Gasteiger charge is 2.14. The van der Waals surface area contributed by atoms with Gasteiger partial charge in [0, 0.05) is 19.4 Å². The Morgan fingerprint density at radius 3 is 1.35 bits per heavy atom. The minimum atomic E-state index is 0.498. The predicted octanol–water partition coefficient (Wildman–Crippen LogP) is 13.1. The van der Waals surface area contributed by atoms with Crippen molar-refractivity contribution in [2.75, 3.05) is 20.6 Å². The van der Waals surface area contributed by atoms with E-state index in [4.69, 9.17) is 0 Å². The van der Waals surface area contributed by atoms with Gasteiger partial charge in [-0.3, -0.25) is 4.79 Å². The highest BCUT2D eigenvalue weighted by atomic mass is 16.1. The van der Waals surface area contributed by atoms with Crippen molar-refractivity contribution in [2.45, 2.75) is 181 Å². The van der Waals surface area contributed by atoms with Gasteiger partial charge in [-0.1, -0.05) is 140 Å². The Bertz CT molecular complexity index is 686. The van der Waals surface area contributed by atoms with Crippen LogP contribution in [0.3, 0.4) is 0 Å². The van der Waals surface area contributed by atoms with Gasteiger partial charge in [0.25, 0.3) is 0 Å². The average molecular weight is 598 g/mol. The first-order chi connectivity index (χ1) is 21.1. The van der Waals surface area contributed by atoms with Gasteiger partial charge in [0.2, 0.25) is 0 Å². The number of ketones is 1. The Hall–Kier alpha value is -1.41. The topological polar surface area (TPSA) is 20.3 Å². The van der Waals surface area contributed by atoms with Crippen molar-refractivity contribution in [3.05, 3.63) is 48.6 Å². The molecule has 0 amide bonds. The molecule has 0 saturated carbocycles. The third-order valence-corrected chi connectivity index (χ3v) is 8.36. The van der Waals surface area contributed by atoms with Crippen molar-refractivity contribution in [1.29, 1.82) is 0 Å². The molecular weight excluding hydrogens is 522 g/mol. The largest absolute Gasteiger partial charge is 0.309 e. The molecule has 0 aromatic carbocycles. The van der Waals surface area contributed by atoms with Gasteiger partial charge in [-0.15, -0.1) is 0 Å². The van der Waals surface area contributed by atoms with Gasteiger partial charge in [0.15, 0.2) is 0 Å². The fourth-order valence-corrected chi connectivity index (χ4v) is 5.75. The standard InChI is InChI=1S/C41H75NO/c1-5-7-9-11-13-15-17-19-21-23-24-26-28-30-32-34-36-40(39-42(3)4)38-41(43)37-35-33-31-29-27-25-22-20-18-16-14-12-10-8-6-2/h13-16,19-22,40H,5-12,17-18,23-39H2,1-4H3/b15-13-,16-14-,21-19-,22-20-. The minimum Gasteiger partial charge on any atom is -0.309 e. The lowest BCUT2D eigenvalue weighted by molar-refractivity contribution is -0.120. The van der Waals surface area contributed by atoms with Crippen LogP contribution in [0.5, 0.6) is 0 Å². The summed E-state index contributed by atoms with van der Waals surface area (Å²) in [7, 11) is 4.30. The third kappa shape index (κ3) is 34.9. The van der Waals surface area contributed by atoms with Gasteiger partial charge in [0.1, 0.15) is 5.78 Å². The molecule has 0 aromatic rings. The molecular formula is C41H75NO. The quantitative estimate of drug-likeness (QED) is 0.0554. The lowest BCUT2D eigenvalue weighted by Gasteiger charge is -2.20. The lowest BCUT2D eigenvalue weighted by atomic mass is 9.93. The third-order valence-electron chi connectivity index (χ3n) is 8.36. The van der Waals surface area contributed by atoms with Crippen LogP contribution < -0.4 is 0 Å². The Morgan fingerprint density at radius 2 is 0.907 bits per heavy atom. The maximum Gasteiger partial charge on any atom is 0.133 e. The molecule has 0 aliphatic rings. The number of hydrogen-bond donors (Lipinski definition) is 0. The zero-order valence-corrected chi connectivity index (χ0v) is 29.6. The van der Waals surface area contributed by atoms with Crippen LogP contribution in [0, 0.1) is 5.92 Å². The summed E-state index contributed by atoms with van der Waals surface area (Å²) >= 11 is 0. The molecule has 1 atom stereocenters. The highest BCUT2D eigenvalue weighted by molar-refractivity contribution is 5.78. The number of carbonyl (C=O) groups is 1. The summed E-state index contributed by atoms with van der Waals surface area (Å²) in [5.74, 6) is 1.03. The van der Waals surface area contributed by atoms with E-state index >= 15 is 0 Å². The van der Waals surface area contributed by atoms with Gasteiger partial charge in [-0.2, -0.15) is 0 Å². The summed E-state index contributed by atoms with van der Waals surface area (Å²) in [5.41, 5.74) is 0. The summed E-state index contributed by atoms with van der Waals surface area (Å²) in [4.78, 5) is 15.0.